The van der Waals surface area contributed by atoms with Crippen molar-refractivity contribution >= 4 is 15.9 Å². The van der Waals surface area contributed by atoms with Gasteiger partial charge in [-0.1, -0.05) is 37.3 Å². The summed E-state index contributed by atoms with van der Waals surface area (Å²) >= 11 is 0. The summed E-state index contributed by atoms with van der Waals surface area (Å²) in [5.41, 5.74) is 1.59. The lowest BCUT2D eigenvalue weighted by Crippen LogP contribution is -2.48. The van der Waals surface area contributed by atoms with Crippen LogP contribution in [0.15, 0.2) is 59.5 Å². The molecule has 29 heavy (non-hydrogen) atoms. The molecule has 3 rings (SSSR count). The maximum atomic E-state index is 12.9. The number of benzene rings is 2. The molecule has 156 valence electrons. The van der Waals surface area contributed by atoms with Crippen molar-refractivity contribution in [1.82, 2.24) is 9.62 Å². The fourth-order valence-electron chi connectivity index (χ4n) is 3.50. The molecule has 1 aliphatic heterocycles. The lowest BCUT2D eigenvalue weighted by molar-refractivity contribution is -0.0440. The molecule has 0 radical (unpaired) electrons. The average molecular weight is 417 g/mol. The van der Waals surface area contributed by atoms with E-state index in [1.807, 2.05) is 44.2 Å². The predicted octanol–water partition coefficient (Wildman–Crippen LogP) is 3.02. The van der Waals surface area contributed by atoms with Crippen molar-refractivity contribution in [3.8, 4) is 0 Å². The molecule has 1 fully saturated rings. The molecule has 0 aromatic heterocycles. The smallest absolute Gasteiger partial charge is 0.251 e. The van der Waals surface area contributed by atoms with E-state index in [-0.39, 0.29) is 28.9 Å². The molecule has 1 N–H and O–H groups in total. The Morgan fingerprint density at radius 1 is 1.07 bits per heavy atom. The Bertz CT molecular complexity index is 919. The van der Waals surface area contributed by atoms with E-state index in [4.69, 9.17) is 4.74 Å². The van der Waals surface area contributed by atoms with Crippen LogP contribution in [-0.4, -0.2) is 50.5 Å². The van der Waals surface area contributed by atoms with Gasteiger partial charge < -0.3 is 10.1 Å². The number of nitrogens with zero attached hydrogens (tertiary/aromatic N) is 1. The van der Waals surface area contributed by atoms with Gasteiger partial charge >= 0.3 is 0 Å². The van der Waals surface area contributed by atoms with E-state index in [2.05, 4.69) is 12.2 Å². The third-order valence-corrected chi connectivity index (χ3v) is 6.92. The third-order valence-electron chi connectivity index (χ3n) is 5.08. The van der Waals surface area contributed by atoms with Gasteiger partial charge in [-0.2, -0.15) is 4.31 Å². The molecule has 0 aliphatic carbocycles. The van der Waals surface area contributed by atoms with Crippen LogP contribution in [0.4, 0.5) is 0 Å². The predicted molar refractivity (Wildman–Crippen MR) is 112 cm³/mol. The quantitative estimate of drug-likeness (QED) is 0.785. The van der Waals surface area contributed by atoms with Crippen LogP contribution in [0.2, 0.25) is 0 Å². The summed E-state index contributed by atoms with van der Waals surface area (Å²) in [6.45, 7) is 6.94. The first-order valence-electron chi connectivity index (χ1n) is 9.86. The largest absolute Gasteiger partial charge is 0.373 e. The molecule has 6 nitrogen and oxygen atoms in total. The highest BCUT2D eigenvalue weighted by Crippen LogP contribution is 2.21. The summed E-state index contributed by atoms with van der Waals surface area (Å²) in [6.07, 6.45) is -0.296. The Balaban J connectivity index is 1.64. The van der Waals surface area contributed by atoms with Crippen LogP contribution in [0, 0.1) is 0 Å². The summed E-state index contributed by atoms with van der Waals surface area (Å²) < 4.78 is 32.9. The summed E-state index contributed by atoms with van der Waals surface area (Å²) in [5.74, 6) is -0.0320. The highest BCUT2D eigenvalue weighted by atomic mass is 32.2. The van der Waals surface area contributed by atoms with Gasteiger partial charge in [-0.15, -0.1) is 0 Å². The SMILES string of the molecule is C[C@@H]1CN(S(=O)(=O)c2ccc(C(=O)NC[C@@H](C)c3ccccc3)cc2)C[C@H](C)O1. The van der Waals surface area contributed by atoms with Gasteiger partial charge in [-0.3, -0.25) is 4.79 Å². The molecule has 3 atom stereocenters. The Morgan fingerprint density at radius 3 is 2.24 bits per heavy atom. The van der Waals surface area contributed by atoms with Crippen LogP contribution in [0.1, 0.15) is 42.6 Å². The normalized spacial score (nSPS) is 21.5. The first-order valence-corrected chi connectivity index (χ1v) is 11.3. The molecule has 1 amide bonds. The Morgan fingerprint density at radius 2 is 1.66 bits per heavy atom. The van der Waals surface area contributed by atoms with Gasteiger partial charge in [0.2, 0.25) is 10.0 Å². The number of morpholine rings is 1. The van der Waals surface area contributed by atoms with Crippen molar-refractivity contribution in [3.05, 3.63) is 65.7 Å². The number of amides is 1. The van der Waals surface area contributed by atoms with Crippen molar-refractivity contribution in [2.24, 2.45) is 0 Å². The minimum Gasteiger partial charge on any atom is -0.373 e. The Kier molecular flexibility index (Phi) is 6.72. The van der Waals surface area contributed by atoms with Crippen LogP contribution in [0.5, 0.6) is 0 Å². The molecule has 0 unspecified atom stereocenters. The monoisotopic (exact) mass is 416 g/mol. The van der Waals surface area contributed by atoms with Crippen molar-refractivity contribution in [1.29, 1.82) is 0 Å². The number of carbonyl (C=O) groups is 1. The lowest BCUT2D eigenvalue weighted by atomic mass is 10.0. The van der Waals surface area contributed by atoms with Gasteiger partial charge in [0.1, 0.15) is 0 Å². The second-order valence-electron chi connectivity index (χ2n) is 7.63. The summed E-state index contributed by atoms with van der Waals surface area (Å²) in [4.78, 5) is 12.6. The van der Waals surface area contributed by atoms with E-state index in [0.29, 0.717) is 25.2 Å². The number of hydrogen-bond donors (Lipinski definition) is 1. The van der Waals surface area contributed by atoms with Crippen molar-refractivity contribution < 1.29 is 17.9 Å². The highest BCUT2D eigenvalue weighted by Gasteiger charge is 2.32. The van der Waals surface area contributed by atoms with Gasteiger partial charge in [-0.25, -0.2) is 8.42 Å². The topological polar surface area (TPSA) is 75.7 Å². The lowest BCUT2D eigenvalue weighted by Gasteiger charge is -2.34. The van der Waals surface area contributed by atoms with Crippen LogP contribution in [0.3, 0.4) is 0 Å². The third kappa shape index (κ3) is 5.23. The maximum Gasteiger partial charge on any atom is 0.251 e. The van der Waals surface area contributed by atoms with Gasteiger partial charge in [0, 0.05) is 25.2 Å². The van der Waals surface area contributed by atoms with E-state index in [1.165, 1.54) is 16.4 Å². The van der Waals surface area contributed by atoms with E-state index in [9.17, 15) is 13.2 Å². The minimum absolute atomic E-state index is 0.148. The fourth-order valence-corrected chi connectivity index (χ4v) is 5.09. The Labute approximate surface area is 172 Å². The van der Waals surface area contributed by atoms with E-state index in [0.717, 1.165) is 5.56 Å². The van der Waals surface area contributed by atoms with Gasteiger partial charge in [0.05, 0.1) is 17.1 Å². The number of carbonyl (C=O) groups excluding carboxylic acids is 1. The maximum absolute atomic E-state index is 12.9. The summed E-state index contributed by atoms with van der Waals surface area (Å²) in [7, 11) is -3.61. The molecular formula is C22H28N2O4S. The minimum atomic E-state index is -3.61. The van der Waals surface area contributed by atoms with E-state index < -0.39 is 10.0 Å². The zero-order valence-electron chi connectivity index (χ0n) is 17.0. The van der Waals surface area contributed by atoms with Crippen molar-refractivity contribution in [3.63, 3.8) is 0 Å². The number of nitrogens with one attached hydrogen (secondary N) is 1. The zero-order chi connectivity index (χ0) is 21.0. The standard InChI is InChI=1S/C22H28N2O4S/c1-16(19-7-5-4-6-8-19)13-23-22(25)20-9-11-21(12-10-20)29(26,27)24-14-17(2)28-18(3)15-24/h4-12,16-18H,13-15H2,1-3H3,(H,23,25)/t16-,17-,18+/m1/s1. The first kappa shape index (κ1) is 21.5. The average Bonchev–Trinajstić information content (AvgIpc) is 2.71. The molecule has 2 aromatic carbocycles. The number of rotatable bonds is 6. The summed E-state index contributed by atoms with van der Waals surface area (Å²) in [5, 5.41) is 2.92. The second kappa shape index (κ2) is 9.07. The van der Waals surface area contributed by atoms with E-state index >= 15 is 0 Å². The van der Waals surface area contributed by atoms with Crippen LogP contribution in [0.25, 0.3) is 0 Å². The number of sulfonamides is 1. The molecule has 1 aliphatic rings. The van der Waals surface area contributed by atoms with Crippen LogP contribution >= 0.6 is 0 Å². The molecule has 2 aromatic rings. The summed E-state index contributed by atoms with van der Waals surface area (Å²) in [6, 6.07) is 16.1. The number of ether oxygens (including phenoxy) is 1. The fraction of sp³-hybridized carbons (Fsp3) is 0.409. The molecule has 1 saturated heterocycles. The molecule has 0 bridgehead atoms. The van der Waals surface area contributed by atoms with Crippen molar-refractivity contribution in [2.45, 2.75) is 43.8 Å². The number of hydrogen-bond acceptors (Lipinski definition) is 4. The molecule has 1 heterocycles. The molecule has 0 spiro atoms. The van der Waals surface area contributed by atoms with Gasteiger partial charge in [0.15, 0.2) is 0 Å². The van der Waals surface area contributed by atoms with Gasteiger partial charge in [0.25, 0.3) is 5.91 Å². The van der Waals surface area contributed by atoms with Crippen LogP contribution < -0.4 is 5.32 Å². The van der Waals surface area contributed by atoms with Crippen LogP contribution in [-0.2, 0) is 14.8 Å². The molecule has 7 heteroatoms. The first-order chi connectivity index (χ1) is 13.8. The van der Waals surface area contributed by atoms with Crippen molar-refractivity contribution in [2.75, 3.05) is 19.6 Å². The Hall–Kier alpha value is -2.22. The zero-order valence-corrected chi connectivity index (χ0v) is 17.9. The van der Waals surface area contributed by atoms with E-state index in [1.54, 1.807) is 12.1 Å². The molecule has 0 saturated carbocycles. The van der Waals surface area contributed by atoms with Gasteiger partial charge in [-0.05, 0) is 49.6 Å². The molecular weight excluding hydrogens is 388 g/mol. The second-order valence-corrected chi connectivity index (χ2v) is 9.56. The highest BCUT2D eigenvalue weighted by molar-refractivity contribution is 7.89.